The number of benzene rings is 1. The number of carbonyl (C=O) groups is 2. The summed E-state index contributed by atoms with van der Waals surface area (Å²) >= 11 is 0. The van der Waals surface area contributed by atoms with Gasteiger partial charge in [0.2, 0.25) is 0 Å². The summed E-state index contributed by atoms with van der Waals surface area (Å²) in [6, 6.07) is 5.36. The molecule has 0 aliphatic carbocycles. The van der Waals surface area contributed by atoms with Crippen molar-refractivity contribution in [1.82, 2.24) is 0 Å². The molecule has 0 spiro atoms. The maximum Gasteiger partial charge on any atom is 0.335 e. The second-order valence-corrected chi connectivity index (χ2v) is 3.70. The fourth-order valence-electron chi connectivity index (χ4n) is 1.13. The minimum Gasteiger partial charge on any atom is -0.508 e. The van der Waals surface area contributed by atoms with Crippen LogP contribution >= 0.6 is 0 Å². The summed E-state index contributed by atoms with van der Waals surface area (Å²) in [5.41, 5.74) is 0.179. The fourth-order valence-corrected chi connectivity index (χ4v) is 1.13. The highest BCUT2D eigenvalue weighted by molar-refractivity contribution is 5.87. The molecule has 5 nitrogen and oxygen atoms in total. The second kappa shape index (κ2) is 9.04. The number of carboxylic acid groups (broad SMARTS) is 2. The summed E-state index contributed by atoms with van der Waals surface area (Å²) in [5, 5.41) is 25.3. The van der Waals surface area contributed by atoms with Crippen LogP contribution in [0.3, 0.4) is 0 Å². The molecule has 18 heavy (non-hydrogen) atoms. The maximum absolute atomic E-state index is 10.2. The van der Waals surface area contributed by atoms with E-state index in [-0.39, 0.29) is 11.3 Å². The summed E-state index contributed by atoms with van der Waals surface area (Å²) < 4.78 is 0. The Balaban J connectivity index is 0.000000331. The molecular weight excluding hydrogens is 236 g/mol. The third kappa shape index (κ3) is 8.15. The first-order valence-electron chi connectivity index (χ1n) is 5.71. The number of phenolic OH excluding ortho intramolecular Hbond substituents is 1. The molecule has 1 rings (SSSR count). The summed E-state index contributed by atoms with van der Waals surface area (Å²) in [4.78, 5) is 20.1. The van der Waals surface area contributed by atoms with Crippen molar-refractivity contribution in [2.24, 2.45) is 0 Å². The minimum atomic E-state index is -0.986. The van der Waals surface area contributed by atoms with E-state index >= 15 is 0 Å². The van der Waals surface area contributed by atoms with E-state index in [2.05, 4.69) is 6.92 Å². The fraction of sp³-hybridized carbons (Fsp3) is 0.385. The molecule has 0 aliphatic heterocycles. The van der Waals surface area contributed by atoms with Crippen molar-refractivity contribution in [3.05, 3.63) is 29.8 Å². The quantitative estimate of drug-likeness (QED) is 0.702. The topological polar surface area (TPSA) is 94.8 Å². The molecular formula is C13H18O5. The molecule has 0 bridgehead atoms. The number of aromatic carboxylic acids is 1. The highest BCUT2D eigenvalue weighted by Gasteiger charge is 1.99. The molecule has 100 valence electrons. The van der Waals surface area contributed by atoms with Crippen LogP contribution in [0.5, 0.6) is 5.75 Å². The molecule has 0 heterocycles. The third-order valence-corrected chi connectivity index (χ3v) is 2.11. The number of hydrogen-bond donors (Lipinski definition) is 3. The van der Waals surface area contributed by atoms with Crippen LogP contribution in [-0.2, 0) is 4.79 Å². The summed E-state index contributed by atoms with van der Waals surface area (Å²) in [6.07, 6.45) is 3.28. The lowest BCUT2D eigenvalue weighted by atomic mass is 10.2. The van der Waals surface area contributed by atoms with Crippen molar-refractivity contribution >= 4 is 11.9 Å². The van der Waals surface area contributed by atoms with Crippen LogP contribution < -0.4 is 0 Å². The number of unbranched alkanes of at least 4 members (excludes halogenated alkanes) is 2. The van der Waals surface area contributed by atoms with E-state index in [0.717, 1.165) is 19.3 Å². The molecule has 0 unspecified atom stereocenters. The van der Waals surface area contributed by atoms with Crippen LogP contribution in [0, 0.1) is 0 Å². The van der Waals surface area contributed by atoms with Gasteiger partial charge in [0.15, 0.2) is 0 Å². The van der Waals surface area contributed by atoms with Gasteiger partial charge in [0.1, 0.15) is 5.75 Å². The number of hydrogen-bond acceptors (Lipinski definition) is 3. The van der Waals surface area contributed by atoms with Gasteiger partial charge in [0.05, 0.1) is 5.56 Å². The van der Waals surface area contributed by atoms with Gasteiger partial charge < -0.3 is 15.3 Å². The molecule has 0 aliphatic rings. The minimum absolute atomic E-state index is 0.0741. The molecule has 0 saturated carbocycles. The SMILES string of the molecule is CCCCCC(=O)O.O=C(O)c1ccc(O)cc1. The molecule has 0 saturated heterocycles. The largest absolute Gasteiger partial charge is 0.508 e. The Morgan fingerprint density at radius 3 is 2.00 bits per heavy atom. The molecule has 0 fully saturated rings. The van der Waals surface area contributed by atoms with E-state index in [1.54, 1.807) is 0 Å². The van der Waals surface area contributed by atoms with Crippen LogP contribution in [0.15, 0.2) is 24.3 Å². The van der Waals surface area contributed by atoms with Crippen LogP contribution in [0.25, 0.3) is 0 Å². The van der Waals surface area contributed by atoms with Gasteiger partial charge in [-0.1, -0.05) is 19.8 Å². The lowest BCUT2D eigenvalue weighted by Crippen LogP contribution is -1.93. The van der Waals surface area contributed by atoms with Gasteiger partial charge in [0.25, 0.3) is 0 Å². The summed E-state index contributed by atoms with van der Waals surface area (Å²) in [5.74, 6) is -1.59. The average Bonchev–Trinajstić information content (AvgIpc) is 2.30. The monoisotopic (exact) mass is 254 g/mol. The number of rotatable bonds is 5. The van der Waals surface area contributed by atoms with Crippen molar-refractivity contribution in [2.45, 2.75) is 32.6 Å². The van der Waals surface area contributed by atoms with Gasteiger partial charge in [-0.2, -0.15) is 0 Å². The Labute approximate surface area is 106 Å². The van der Waals surface area contributed by atoms with Crippen molar-refractivity contribution in [2.75, 3.05) is 0 Å². The van der Waals surface area contributed by atoms with E-state index in [1.165, 1.54) is 24.3 Å². The zero-order chi connectivity index (χ0) is 14.0. The third-order valence-electron chi connectivity index (χ3n) is 2.11. The first-order chi connectivity index (χ1) is 8.47. The van der Waals surface area contributed by atoms with Crippen LogP contribution in [-0.4, -0.2) is 27.3 Å². The van der Waals surface area contributed by atoms with Crippen LogP contribution in [0.1, 0.15) is 43.0 Å². The lowest BCUT2D eigenvalue weighted by molar-refractivity contribution is -0.137. The van der Waals surface area contributed by atoms with Crippen molar-refractivity contribution in [3.63, 3.8) is 0 Å². The molecule has 0 amide bonds. The average molecular weight is 254 g/mol. The summed E-state index contributed by atoms with van der Waals surface area (Å²) in [6.45, 7) is 2.06. The van der Waals surface area contributed by atoms with Crippen LogP contribution in [0.2, 0.25) is 0 Å². The molecule has 0 radical (unpaired) electrons. The Hall–Kier alpha value is -2.04. The Morgan fingerprint density at radius 1 is 1.06 bits per heavy atom. The Kier molecular flexibility index (Phi) is 8.01. The molecule has 0 aromatic heterocycles. The Morgan fingerprint density at radius 2 is 1.61 bits per heavy atom. The number of aromatic hydroxyl groups is 1. The predicted molar refractivity (Wildman–Crippen MR) is 66.8 cm³/mol. The van der Waals surface area contributed by atoms with Gasteiger partial charge in [-0.3, -0.25) is 4.79 Å². The number of phenols is 1. The standard InChI is InChI=1S/C7H6O3.C6H12O2/c8-6-3-1-5(2-4-6)7(9)10;1-2-3-4-5-6(7)8/h1-4,8H,(H,9,10);2-5H2,1H3,(H,7,8). The molecule has 5 heteroatoms. The molecule has 3 N–H and O–H groups in total. The first kappa shape index (κ1) is 16.0. The van der Waals surface area contributed by atoms with Gasteiger partial charge in [-0.05, 0) is 30.7 Å². The van der Waals surface area contributed by atoms with E-state index in [0.29, 0.717) is 6.42 Å². The highest BCUT2D eigenvalue weighted by atomic mass is 16.4. The van der Waals surface area contributed by atoms with E-state index in [9.17, 15) is 9.59 Å². The molecule has 1 aromatic carbocycles. The number of carboxylic acids is 2. The van der Waals surface area contributed by atoms with Crippen LogP contribution in [0.4, 0.5) is 0 Å². The van der Waals surface area contributed by atoms with Gasteiger partial charge in [-0.15, -0.1) is 0 Å². The van der Waals surface area contributed by atoms with Gasteiger partial charge in [-0.25, -0.2) is 4.79 Å². The van der Waals surface area contributed by atoms with Crippen molar-refractivity contribution in [1.29, 1.82) is 0 Å². The highest BCUT2D eigenvalue weighted by Crippen LogP contribution is 2.08. The Bertz CT molecular complexity index is 369. The van der Waals surface area contributed by atoms with E-state index in [4.69, 9.17) is 15.3 Å². The zero-order valence-corrected chi connectivity index (χ0v) is 10.3. The lowest BCUT2D eigenvalue weighted by Gasteiger charge is -1.92. The van der Waals surface area contributed by atoms with E-state index in [1.807, 2.05) is 0 Å². The van der Waals surface area contributed by atoms with Crippen molar-refractivity contribution in [3.8, 4) is 5.75 Å². The zero-order valence-electron chi connectivity index (χ0n) is 10.3. The predicted octanol–water partition coefficient (Wildman–Crippen LogP) is 2.74. The van der Waals surface area contributed by atoms with Gasteiger partial charge in [0, 0.05) is 6.42 Å². The maximum atomic E-state index is 10.2. The normalized spacial score (nSPS) is 9.17. The first-order valence-corrected chi connectivity index (χ1v) is 5.71. The van der Waals surface area contributed by atoms with Gasteiger partial charge >= 0.3 is 11.9 Å². The molecule has 1 aromatic rings. The number of aliphatic carboxylic acids is 1. The molecule has 0 atom stereocenters. The second-order valence-electron chi connectivity index (χ2n) is 3.70. The smallest absolute Gasteiger partial charge is 0.335 e. The van der Waals surface area contributed by atoms with E-state index < -0.39 is 11.9 Å². The summed E-state index contributed by atoms with van der Waals surface area (Å²) in [7, 11) is 0. The van der Waals surface area contributed by atoms with Crippen molar-refractivity contribution < 1.29 is 24.9 Å².